The molecule has 25 heavy (non-hydrogen) atoms. The Morgan fingerprint density at radius 1 is 1.04 bits per heavy atom. The van der Waals surface area contributed by atoms with Crippen LogP contribution in [0.4, 0.5) is 5.69 Å². The monoisotopic (exact) mass is 340 g/mol. The highest BCUT2D eigenvalue weighted by Crippen LogP contribution is 2.19. The van der Waals surface area contributed by atoms with Crippen molar-refractivity contribution in [1.29, 1.82) is 0 Å². The Morgan fingerprint density at radius 2 is 1.76 bits per heavy atom. The highest BCUT2D eigenvalue weighted by Gasteiger charge is 2.15. The lowest BCUT2D eigenvalue weighted by Gasteiger charge is -2.14. The van der Waals surface area contributed by atoms with Crippen LogP contribution in [-0.2, 0) is 16.1 Å². The summed E-state index contributed by atoms with van der Waals surface area (Å²) in [6, 6.07) is 13.1. The second-order valence-electron chi connectivity index (χ2n) is 6.23. The number of ether oxygens (including phenoxy) is 1. The highest BCUT2D eigenvalue weighted by molar-refractivity contribution is 6.39. The van der Waals surface area contributed by atoms with Crippen molar-refractivity contribution in [3.63, 3.8) is 0 Å². The first-order valence-corrected chi connectivity index (χ1v) is 8.28. The van der Waals surface area contributed by atoms with E-state index in [1.165, 1.54) is 0 Å². The van der Waals surface area contributed by atoms with Gasteiger partial charge in [0.15, 0.2) is 0 Å². The summed E-state index contributed by atoms with van der Waals surface area (Å²) in [5.74, 6) is -0.666. The van der Waals surface area contributed by atoms with E-state index in [9.17, 15) is 9.59 Å². The van der Waals surface area contributed by atoms with Gasteiger partial charge >= 0.3 is 11.8 Å². The molecule has 0 radical (unpaired) electrons. The molecule has 5 nitrogen and oxygen atoms in total. The molecule has 2 amide bonds. The van der Waals surface area contributed by atoms with Crippen molar-refractivity contribution in [2.75, 3.05) is 5.32 Å². The molecule has 0 saturated heterocycles. The van der Waals surface area contributed by atoms with E-state index in [1.54, 1.807) is 6.07 Å². The second kappa shape index (κ2) is 8.33. The van der Waals surface area contributed by atoms with Crippen LogP contribution in [-0.4, -0.2) is 17.9 Å². The van der Waals surface area contributed by atoms with Gasteiger partial charge in [0.25, 0.3) is 0 Å². The molecule has 2 aromatic rings. The fourth-order valence-electron chi connectivity index (χ4n) is 2.41. The average molecular weight is 340 g/mol. The molecule has 0 heterocycles. The Bertz CT molecular complexity index is 769. The lowest BCUT2D eigenvalue weighted by Crippen LogP contribution is -2.35. The van der Waals surface area contributed by atoms with Crippen LogP contribution < -0.4 is 15.4 Å². The number of nitrogens with one attached hydrogen (secondary N) is 2. The standard InChI is InChI=1S/C20H24N2O3/c1-13(2)25-18-8-6-5-7-16(18)12-21-19(23)20(24)22-17-10-9-14(3)11-15(17)4/h5-11,13H,12H2,1-4H3,(H,21,23)(H,22,24). The van der Waals surface area contributed by atoms with Gasteiger partial charge < -0.3 is 15.4 Å². The van der Waals surface area contributed by atoms with Gasteiger partial charge in [-0.3, -0.25) is 9.59 Å². The summed E-state index contributed by atoms with van der Waals surface area (Å²) in [5.41, 5.74) is 3.47. The minimum Gasteiger partial charge on any atom is -0.491 e. The maximum absolute atomic E-state index is 12.1. The average Bonchev–Trinajstić information content (AvgIpc) is 2.55. The Labute approximate surface area is 148 Å². The molecular formula is C20H24N2O3. The van der Waals surface area contributed by atoms with Crippen molar-refractivity contribution in [1.82, 2.24) is 5.32 Å². The lowest BCUT2D eigenvalue weighted by molar-refractivity contribution is -0.136. The Hall–Kier alpha value is -2.82. The summed E-state index contributed by atoms with van der Waals surface area (Å²) in [6.07, 6.45) is 0.0321. The van der Waals surface area contributed by atoms with E-state index in [1.807, 2.05) is 64.1 Å². The van der Waals surface area contributed by atoms with E-state index in [0.717, 1.165) is 16.7 Å². The number of benzene rings is 2. The van der Waals surface area contributed by atoms with Gasteiger partial charge in [0.2, 0.25) is 0 Å². The highest BCUT2D eigenvalue weighted by atomic mass is 16.5. The van der Waals surface area contributed by atoms with Crippen LogP contribution in [0.15, 0.2) is 42.5 Å². The van der Waals surface area contributed by atoms with Crippen LogP contribution in [0.3, 0.4) is 0 Å². The predicted octanol–water partition coefficient (Wildman–Crippen LogP) is 3.35. The van der Waals surface area contributed by atoms with E-state index in [4.69, 9.17) is 4.74 Å². The summed E-state index contributed by atoms with van der Waals surface area (Å²) in [7, 11) is 0. The number of anilines is 1. The number of hydrogen-bond acceptors (Lipinski definition) is 3. The number of rotatable bonds is 5. The molecule has 0 aliphatic heterocycles. The minimum absolute atomic E-state index is 0.0321. The van der Waals surface area contributed by atoms with Gasteiger partial charge in [-0.25, -0.2) is 0 Å². The number of aryl methyl sites for hydroxylation is 2. The first-order valence-electron chi connectivity index (χ1n) is 8.28. The molecule has 0 fully saturated rings. The molecule has 0 saturated carbocycles. The smallest absolute Gasteiger partial charge is 0.313 e. The number of hydrogen-bond donors (Lipinski definition) is 2. The molecule has 5 heteroatoms. The molecule has 0 atom stereocenters. The summed E-state index contributed by atoms with van der Waals surface area (Å²) in [5, 5.41) is 5.27. The fraction of sp³-hybridized carbons (Fsp3) is 0.300. The van der Waals surface area contributed by atoms with Crippen LogP contribution in [0.1, 0.15) is 30.5 Å². The molecule has 0 bridgehead atoms. The topological polar surface area (TPSA) is 67.4 Å². The molecule has 132 valence electrons. The zero-order valence-corrected chi connectivity index (χ0v) is 15.1. The van der Waals surface area contributed by atoms with Crippen LogP contribution in [0.2, 0.25) is 0 Å². The van der Waals surface area contributed by atoms with E-state index in [2.05, 4.69) is 10.6 Å². The summed E-state index contributed by atoms with van der Waals surface area (Å²) in [4.78, 5) is 24.1. The largest absolute Gasteiger partial charge is 0.491 e. The minimum atomic E-state index is -0.686. The molecule has 2 rings (SSSR count). The van der Waals surface area contributed by atoms with Crippen LogP contribution in [0, 0.1) is 13.8 Å². The molecular weight excluding hydrogens is 316 g/mol. The first-order chi connectivity index (χ1) is 11.9. The van der Waals surface area contributed by atoms with Crippen molar-refractivity contribution < 1.29 is 14.3 Å². The molecule has 2 N–H and O–H groups in total. The van der Waals surface area contributed by atoms with Gasteiger partial charge in [-0.15, -0.1) is 0 Å². The third kappa shape index (κ3) is 5.35. The molecule has 0 aromatic heterocycles. The third-order valence-corrected chi connectivity index (χ3v) is 3.61. The predicted molar refractivity (Wildman–Crippen MR) is 98.6 cm³/mol. The lowest BCUT2D eigenvalue weighted by atomic mass is 10.1. The zero-order chi connectivity index (χ0) is 18.4. The van der Waals surface area contributed by atoms with Crippen molar-refractivity contribution in [3.05, 3.63) is 59.2 Å². The third-order valence-electron chi connectivity index (χ3n) is 3.61. The van der Waals surface area contributed by atoms with E-state index in [-0.39, 0.29) is 12.6 Å². The quantitative estimate of drug-likeness (QED) is 0.820. The Balaban J connectivity index is 1.97. The molecule has 0 aliphatic rings. The maximum atomic E-state index is 12.1. The fourth-order valence-corrected chi connectivity index (χ4v) is 2.41. The molecule has 0 spiro atoms. The van der Waals surface area contributed by atoms with Gasteiger partial charge in [-0.05, 0) is 45.4 Å². The summed E-state index contributed by atoms with van der Waals surface area (Å²) in [6.45, 7) is 7.96. The van der Waals surface area contributed by atoms with E-state index >= 15 is 0 Å². The van der Waals surface area contributed by atoms with E-state index < -0.39 is 11.8 Å². The Morgan fingerprint density at radius 3 is 2.44 bits per heavy atom. The van der Waals surface area contributed by atoms with Crippen molar-refractivity contribution in [3.8, 4) is 5.75 Å². The van der Waals surface area contributed by atoms with Crippen molar-refractivity contribution in [2.24, 2.45) is 0 Å². The number of amides is 2. The first kappa shape index (κ1) is 18.5. The Kier molecular flexibility index (Phi) is 6.17. The second-order valence-corrected chi connectivity index (χ2v) is 6.23. The molecule has 0 unspecified atom stereocenters. The van der Waals surface area contributed by atoms with E-state index in [0.29, 0.717) is 11.4 Å². The van der Waals surface area contributed by atoms with Crippen LogP contribution in [0.5, 0.6) is 5.75 Å². The number of carbonyl (C=O) groups excluding carboxylic acids is 2. The van der Waals surface area contributed by atoms with Gasteiger partial charge in [0, 0.05) is 17.8 Å². The SMILES string of the molecule is Cc1ccc(NC(=O)C(=O)NCc2ccccc2OC(C)C)c(C)c1. The number of carbonyl (C=O) groups is 2. The normalized spacial score (nSPS) is 10.4. The maximum Gasteiger partial charge on any atom is 0.313 e. The van der Waals surface area contributed by atoms with Crippen LogP contribution >= 0.6 is 0 Å². The van der Waals surface area contributed by atoms with Gasteiger partial charge in [0.05, 0.1) is 6.10 Å². The van der Waals surface area contributed by atoms with Crippen LogP contribution in [0.25, 0.3) is 0 Å². The zero-order valence-electron chi connectivity index (χ0n) is 15.1. The molecule has 0 aliphatic carbocycles. The van der Waals surface area contributed by atoms with Gasteiger partial charge in [-0.2, -0.15) is 0 Å². The van der Waals surface area contributed by atoms with Gasteiger partial charge in [-0.1, -0.05) is 35.9 Å². The van der Waals surface area contributed by atoms with Crippen molar-refractivity contribution in [2.45, 2.75) is 40.3 Å². The van der Waals surface area contributed by atoms with Crippen molar-refractivity contribution >= 4 is 17.5 Å². The van der Waals surface area contributed by atoms with Gasteiger partial charge in [0.1, 0.15) is 5.75 Å². The summed E-state index contributed by atoms with van der Waals surface area (Å²) >= 11 is 0. The molecule has 2 aromatic carbocycles. The summed E-state index contributed by atoms with van der Waals surface area (Å²) < 4.78 is 5.71. The number of para-hydroxylation sites is 1.